The van der Waals surface area contributed by atoms with Gasteiger partial charge in [-0.15, -0.1) is 26.4 Å². The van der Waals surface area contributed by atoms with Crippen LogP contribution in [0.15, 0.2) is 18.2 Å². The van der Waals surface area contributed by atoms with Crippen molar-refractivity contribution in [3.8, 4) is 0 Å². The number of hydrogen-bond donors (Lipinski definition) is 0. The third kappa shape index (κ3) is 4.56. The van der Waals surface area contributed by atoms with Gasteiger partial charge in [0.25, 0.3) is 0 Å². The molecule has 1 aromatic carbocycles. The van der Waals surface area contributed by atoms with Gasteiger partial charge < -0.3 is 0 Å². The van der Waals surface area contributed by atoms with Crippen molar-refractivity contribution in [3.05, 3.63) is 29.3 Å². The zero-order valence-corrected chi connectivity index (χ0v) is 15.4. The van der Waals surface area contributed by atoms with Crippen molar-refractivity contribution >= 4 is 31.7 Å². The molecule has 0 heterocycles. The van der Waals surface area contributed by atoms with Gasteiger partial charge in [0.1, 0.15) is 0 Å². The van der Waals surface area contributed by atoms with Gasteiger partial charge in [0.2, 0.25) is 0 Å². The quantitative estimate of drug-likeness (QED) is 0.696. The summed E-state index contributed by atoms with van der Waals surface area (Å²) in [5.41, 5.74) is 3.35. The molecule has 1 aromatic rings. The van der Waals surface area contributed by atoms with Crippen molar-refractivity contribution < 1.29 is 0 Å². The standard InChI is InChI=1S/C15H27P3/c1-15(2,11-16)13-8-5-9-14(17)12(13)7-6-10-18(3)4/h5,8-9H,6-7,10-11,16-17H2,1-4H3. The normalized spacial score (nSPS) is 12.2. The minimum Gasteiger partial charge on any atom is -0.137 e. The Bertz CT molecular complexity index is 383. The summed E-state index contributed by atoms with van der Waals surface area (Å²) in [6.45, 7) is 9.43. The lowest BCUT2D eigenvalue weighted by molar-refractivity contribution is 0.593. The molecule has 0 aliphatic rings. The number of benzene rings is 1. The van der Waals surface area contributed by atoms with E-state index in [1.54, 1.807) is 5.56 Å². The average Bonchev–Trinajstić information content (AvgIpc) is 2.30. The third-order valence-corrected chi connectivity index (χ3v) is 6.26. The zero-order chi connectivity index (χ0) is 13.8. The van der Waals surface area contributed by atoms with Crippen LogP contribution >= 0.6 is 26.4 Å². The second-order valence-electron chi connectivity index (χ2n) is 5.87. The summed E-state index contributed by atoms with van der Waals surface area (Å²) in [4.78, 5) is 0. The molecule has 0 fully saturated rings. The van der Waals surface area contributed by atoms with Crippen LogP contribution in [0.1, 0.15) is 31.4 Å². The number of hydrogen-bond acceptors (Lipinski definition) is 0. The van der Waals surface area contributed by atoms with Crippen LogP contribution in [0.25, 0.3) is 0 Å². The molecule has 0 spiro atoms. The van der Waals surface area contributed by atoms with E-state index >= 15 is 0 Å². The van der Waals surface area contributed by atoms with Crippen LogP contribution in [0.3, 0.4) is 0 Å². The van der Waals surface area contributed by atoms with Crippen molar-refractivity contribution in [1.29, 1.82) is 0 Å². The SMILES string of the molecule is CP(C)CCCc1c(P)cccc1C(C)(C)CP. The first-order chi connectivity index (χ1) is 8.38. The van der Waals surface area contributed by atoms with E-state index in [4.69, 9.17) is 0 Å². The molecular formula is C15H27P3. The van der Waals surface area contributed by atoms with Gasteiger partial charge in [-0.3, -0.25) is 0 Å². The van der Waals surface area contributed by atoms with Crippen LogP contribution in [0.4, 0.5) is 0 Å². The van der Waals surface area contributed by atoms with Gasteiger partial charge in [0.15, 0.2) is 0 Å². The summed E-state index contributed by atoms with van der Waals surface area (Å²) < 4.78 is 0. The predicted molar refractivity (Wildman–Crippen MR) is 95.3 cm³/mol. The molecule has 1 rings (SSSR count). The summed E-state index contributed by atoms with van der Waals surface area (Å²) in [7, 11) is 6.05. The molecule has 0 amide bonds. The lowest BCUT2D eigenvalue weighted by Gasteiger charge is -2.27. The molecule has 102 valence electrons. The first kappa shape index (κ1) is 16.6. The van der Waals surface area contributed by atoms with E-state index in [9.17, 15) is 0 Å². The molecule has 0 radical (unpaired) electrons. The van der Waals surface area contributed by atoms with Crippen molar-refractivity contribution in [2.24, 2.45) is 0 Å². The molecule has 0 bridgehead atoms. The Labute approximate surface area is 119 Å². The predicted octanol–water partition coefficient (Wildman–Crippen LogP) is 4.01. The van der Waals surface area contributed by atoms with Crippen LogP contribution in [-0.4, -0.2) is 25.7 Å². The second-order valence-corrected chi connectivity index (χ2v) is 9.50. The van der Waals surface area contributed by atoms with Gasteiger partial charge in [0, 0.05) is 0 Å². The lowest BCUT2D eigenvalue weighted by atomic mass is 9.82. The van der Waals surface area contributed by atoms with Crippen molar-refractivity contribution in [2.75, 3.05) is 25.7 Å². The molecule has 2 unspecified atom stereocenters. The molecule has 0 nitrogen and oxygen atoms in total. The summed E-state index contributed by atoms with van der Waals surface area (Å²) in [5.74, 6) is 0. The highest BCUT2D eigenvalue weighted by Gasteiger charge is 2.22. The van der Waals surface area contributed by atoms with E-state index in [1.807, 2.05) is 0 Å². The maximum atomic E-state index is 2.92. The van der Waals surface area contributed by atoms with Crippen LogP contribution in [0, 0.1) is 0 Å². The summed E-state index contributed by atoms with van der Waals surface area (Å²) in [6, 6.07) is 6.73. The fourth-order valence-electron chi connectivity index (χ4n) is 2.20. The Hall–Kier alpha value is 0.510. The fraction of sp³-hybridized carbons (Fsp3) is 0.600. The third-order valence-electron chi connectivity index (χ3n) is 3.48. The van der Waals surface area contributed by atoms with Crippen LogP contribution < -0.4 is 5.30 Å². The molecule has 0 aromatic heterocycles. The van der Waals surface area contributed by atoms with Gasteiger partial charge in [-0.2, -0.15) is 0 Å². The van der Waals surface area contributed by atoms with Crippen molar-refractivity contribution in [1.82, 2.24) is 0 Å². The molecule has 2 atom stereocenters. The summed E-state index contributed by atoms with van der Waals surface area (Å²) in [5, 5.41) is 1.38. The Kier molecular flexibility index (Phi) is 6.75. The lowest BCUT2D eigenvalue weighted by Crippen LogP contribution is -2.23. The van der Waals surface area contributed by atoms with Crippen LogP contribution in [0.5, 0.6) is 0 Å². The van der Waals surface area contributed by atoms with E-state index in [0.29, 0.717) is 0 Å². The highest BCUT2D eigenvalue weighted by molar-refractivity contribution is 7.55. The fourth-order valence-corrected chi connectivity index (χ4v) is 3.62. The van der Waals surface area contributed by atoms with Crippen LogP contribution in [-0.2, 0) is 11.8 Å². The Morgan fingerprint density at radius 1 is 1.22 bits per heavy atom. The van der Waals surface area contributed by atoms with E-state index in [1.165, 1.54) is 29.9 Å². The molecule has 0 saturated heterocycles. The monoisotopic (exact) mass is 300 g/mol. The first-order valence-corrected chi connectivity index (χ1v) is 10.4. The molecule has 0 N–H and O–H groups in total. The van der Waals surface area contributed by atoms with Gasteiger partial charge in [-0.05, 0) is 60.3 Å². The highest BCUT2D eigenvalue weighted by Crippen LogP contribution is 2.31. The topological polar surface area (TPSA) is 0 Å². The molecular weight excluding hydrogens is 273 g/mol. The van der Waals surface area contributed by atoms with E-state index in [0.717, 1.165) is 6.16 Å². The Balaban J connectivity index is 2.94. The smallest absolute Gasteiger partial charge is 0.00661 e. The van der Waals surface area contributed by atoms with Gasteiger partial charge in [-0.1, -0.05) is 32.0 Å². The molecule has 0 aliphatic heterocycles. The maximum Gasteiger partial charge on any atom is -0.00661 e. The Morgan fingerprint density at radius 3 is 2.44 bits per heavy atom. The van der Waals surface area contributed by atoms with E-state index in [2.05, 4.69) is 63.9 Å². The second kappa shape index (κ2) is 7.33. The zero-order valence-electron chi connectivity index (χ0n) is 12.2. The molecule has 3 heteroatoms. The minimum atomic E-state index is 0.241. The van der Waals surface area contributed by atoms with Gasteiger partial charge >= 0.3 is 0 Å². The van der Waals surface area contributed by atoms with E-state index < -0.39 is 0 Å². The van der Waals surface area contributed by atoms with Gasteiger partial charge in [0.05, 0.1) is 0 Å². The number of rotatable bonds is 6. The molecule has 0 aliphatic carbocycles. The summed E-state index contributed by atoms with van der Waals surface area (Å²) >= 11 is 0. The Morgan fingerprint density at radius 2 is 1.89 bits per heavy atom. The van der Waals surface area contributed by atoms with Crippen molar-refractivity contribution in [3.63, 3.8) is 0 Å². The maximum absolute atomic E-state index is 2.92. The van der Waals surface area contributed by atoms with Crippen LogP contribution in [0.2, 0.25) is 0 Å². The first-order valence-electron chi connectivity index (χ1n) is 6.61. The summed E-state index contributed by atoms with van der Waals surface area (Å²) in [6.07, 6.45) is 5.05. The molecule has 18 heavy (non-hydrogen) atoms. The molecule has 0 saturated carbocycles. The van der Waals surface area contributed by atoms with E-state index in [-0.39, 0.29) is 13.3 Å². The average molecular weight is 300 g/mol. The van der Waals surface area contributed by atoms with Gasteiger partial charge in [-0.25, -0.2) is 0 Å². The largest absolute Gasteiger partial charge is 0.137 e. The highest BCUT2D eigenvalue weighted by atomic mass is 31.1. The van der Waals surface area contributed by atoms with Crippen molar-refractivity contribution in [2.45, 2.75) is 32.1 Å². The minimum absolute atomic E-state index is 0.241.